The molecule has 1 aromatic carbocycles. The molecule has 0 spiro atoms. The summed E-state index contributed by atoms with van der Waals surface area (Å²) in [7, 11) is 1.81. The maximum Gasteiger partial charge on any atom is 0.253 e. The van der Waals surface area contributed by atoms with E-state index in [1.807, 2.05) is 14.0 Å². The van der Waals surface area contributed by atoms with Crippen molar-refractivity contribution in [3.63, 3.8) is 0 Å². The molecule has 0 aliphatic carbocycles. The van der Waals surface area contributed by atoms with Crippen LogP contribution < -0.4 is 16.0 Å². The van der Waals surface area contributed by atoms with Gasteiger partial charge in [-0.15, -0.1) is 12.4 Å². The summed E-state index contributed by atoms with van der Waals surface area (Å²) in [5.41, 5.74) is 1.41. The van der Waals surface area contributed by atoms with Gasteiger partial charge in [-0.3, -0.25) is 9.59 Å². The molecule has 1 aromatic rings. The highest BCUT2D eigenvalue weighted by Gasteiger charge is 2.23. The summed E-state index contributed by atoms with van der Waals surface area (Å²) in [4.78, 5) is 23.8. The number of hydrogen-bond acceptors (Lipinski definition) is 4. The normalized spacial score (nSPS) is 17.9. The maximum atomic E-state index is 11.9. The standard InChI is InChI=1S/C16H23N3O3.ClH/c1-11(10-17-2)15(20)18-12-5-7-13(8-6-12)19-16(21)14-4-3-9-22-14;/h5-8,11,14,17H,3-4,9-10H2,1-2H3,(H,18,20)(H,19,21);1H. The van der Waals surface area contributed by atoms with Crippen LogP contribution in [-0.4, -0.2) is 38.1 Å². The Kier molecular flexibility index (Phi) is 8.02. The fraction of sp³-hybridized carbons (Fsp3) is 0.500. The van der Waals surface area contributed by atoms with Crippen LogP contribution in [0.2, 0.25) is 0 Å². The lowest BCUT2D eigenvalue weighted by molar-refractivity contribution is -0.124. The highest BCUT2D eigenvalue weighted by atomic mass is 35.5. The SMILES string of the molecule is CNCC(C)C(=O)Nc1ccc(NC(=O)C2CCCO2)cc1.Cl. The Labute approximate surface area is 142 Å². The van der Waals surface area contributed by atoms with Gasteiger partial charge in [0.05, 0.1) is 0 Å². The number of benzene rings is 1. The van der Waals surface area contributed by atoms with Crippen LogP contribution in [0.3, 0.4) is 0 Å². The van der Waals surface area contributed by atoms with Gasteiger partial charge in [0.1, 0.15) is 6.10 Å². The first kappa shape index (κ1) is 19.4. The number of halogens is 1. The second kappa shape index (κ2) is 9.50. The lowest BCUT2D eigenvalue weighted by atomic mass is 10.1. The zero-order valence-electron chi connectivity index (χ0n) is 13.4. The molecule has 0 aromatic heterocycles. The molecular weight excluding hydrogens is 318 g/mol. The van der Waals surface area contributed by atoms with E-state index in [-0.39, 0.29) is 36.2 Å². The molecule has 2 atom stereocenters. The summed E-state index contributed by atoms with van der Waals surface area (Å²) in [6.07, 6.45) is 1.35. The molecule has 2 unspecified atom stereocenters. The van der Waals surface area contributed by atoms with Gasteiger partial charge in [-0.05, 0) is 44.2 Å². The number of hydrogen-bond donors (Lipinski definition) is 3. The van der Waals surface area contributed by atoms with Gasteiger partial charge in [0.25, 0.3) is 5.91 Å². The molecule has 3 N–H and O–H groups in total. The molecule has 0 saturated carbocycles. The Morgan fingerprint density at radius 2 is 1.83 bits per heavy atom. The van der Waals surface area contributed by atoms with Crippen LogP contribution in [0, 0.1) is 5.92 Å². The van der Waals surface area contributed by atoms with E-state index in [0.717, 1.165) is 12.8 Å². The Morgan fingerprint density at radius 3 is 2.35 bits per heavy atom. The van der Waals surface area contributed by atoms with Gasteiger partial charge in [0.2, 0.25) is 5.91 Å². The highest BCUT2D eigenvalue weighted by Crippen LogP contribution is 2.17. The molecule has 23 heavy (non-hydrogen) atoms. The minimum Gasteiger partial charge on any atom is -0.368 e. The fourth-order valence-electron chi connectivity index (χ4n) is 2.31. The quantitative estimate of drug-likeness (QED) is 0.739. The summed E-state index contributed by atoms with van der Waals surface area (Å²) in [5, 5.41) is 8.64. The first-order valence-corrected chi connectivity index (χ1v) is 7.58. The molecule has 1 fully saturated rings. The van der Waals surface area contributed by atoms with Crippen molar-refractivity contribution in [2.75, 3.05) is 30.8 Å². The van der Waals surface area contributed by atoms with Crippen LogP contribution in [0.15, 0.2) is 24.3 Å². The average molecular weight is 342 g/mol. The van der Waals surface area contributed by atoms with E-state index in [9.17, 15) is 9.59 Å². The van der Waals surface area contributed by atoms with Crippen LogP contribution in [0.5, 0.6) is 0 Å². The zero-order valence-corrected chi connectivity index (χ0v) is 14.2. The Morgan fingerprint density at radius 1 is 1.22 bits per heavy atom. The number of amides is 2. The van der Waals surface area contributed by atoms with Crippen molar-refractivity contribution in [1.29, 1.82) is 0 Å². The minimum absolute atomic E-state index is 0. The number of ether oxygens (including phenoxy) is 1. The van der Waals surface area contributed by atoms with Crippen molar-refractivity contribution in [2.24, 2.45) is 5.92 Å². The number of rotatable bonds is 6. The second-order valence-corrected chi connectivity index (χ2v) is 5.52. The molecule has 2 amide bonds. The predicted molar refractivity (Wildman–Crippen MR) is 93.0 cm³/mol. The summed E-state index contributed by atoms with van der Waals surface area (Å²) in [6.45, 7) is 3.14. The molecule has 1 heterocycles. The Bertz CT molecular complexity index is 516. The van der Waals surface area contributed by atoms with E-state index in [1.165, 1.54) is 0 Å². The largest absolute Gasteiger partial charge is 0.368 e. The number of carbonyl (C=O) groups is 2. The lowest BCUT2D eigenvalue weighted by Crippen LogP contribution is -2.28. The van der Waals surface area contributed by atoms with Crippen LogP contribution in [0.1, 0.15) is 19.8 Å². The summed E-state index contributed by atoms with van der Waals surface area (Å²) in [5.74, 6) is -0.258. The van der Waals surface area contributed by atoms with Crippen molar-refractivity contribution in [3.8, 4) is 0 Å². The fourth-order valence-corrected chi connectivity index (χ4v) is 2.31. The first-order chi connectivity index (χ1) is 10.6. The van der Waals surface area contributed by atoms with Crippen molar-refractivity contribution >= 4 is 35.6 Å². The van der Waals surface area contributed by atoms with E-state index < -0.39 is 0 Å². The molecular formula is C16H24ClN3O3. The third-order valence-corrected chi connectivity index (χ3v) is 3.60. The molecule has 1 aliphatic rings. The van der Waals surface area contributed by atoms with Crippen molar-refractivity contribution < 1.29 is 14.3 Å². The van der Waals surface area contributed by atoms with Gasteiger partial charge >= 0.3 is 0 Å². The lowest BCUT2D eigenvalue weighted by Gasteiger charge is -2.13. The smallest absolute Gasteiger partial charge is 0.253 e. The van der Waals surface area contributed by atoms with E-state index >= 15 is 0 Å². The van der Waals surface area contributed by atoms with Gasteiger partial charge in [0.15, 0.2) is 0 Å². The van der Waals surface area contributed by atoms with E-state index in [0.29, 0.717) is 24.5 Å². The third kappa shape index (κ3) is 5.82. The summed E-state index contributed by atoms with van der Waals surface area (Å²) in [6, 6.07) is 7.08. The number of carbonyl (C=O) groups excluding carboxylic acids is 2. The predicted octanol–water partition coefficient (Wildman–Crippen LogP) is 2.02. The maximum absolute atomic E-state index is 11.9. The average Bonchev–Trinajstić information content (AvgIpc) is 3.04. The molecule has 128 valence electrons. The molecule has 0 radical (unpaired) electrons. The van der Waals surface area contributed by atoms with E-state index in [2.05, 4.69) is 16.0 Å². The Hall–Kier alpha value is -1.63. The zero-order chi connectivity index (χ0) is 15.9. The summed E-state index contributed by atoms with van der Waals surface area (Å²) >= 11 is 0. The van der Waals surface area contributed by atoms with E-state index in [1.54, 1.807) is 24.3 Å². The van der Waals surface area contributed by atoms with Crippen LogP contribution in [0.4, 0.5) is 11.4 Å². The number of anilines is 2. The number of nitrogens with one attached hydrogen (secondary N) is 3. The molecule has 6 nitrogen and oxygen atoms in total. The van der Waals surface area contributed by atoms with Gasteiger partial charge in [0, 0.05) is 30.4 Å². The van der Waals surface area contributed by atoms with Gasteiger partial charge in [-0.25, -0.2) is 0 Å². The van der Waals surface area contributed by atoms with Crippen molar-refractivity contribution in [2.45, 2.75) is 25.9 Å². The topological polar surface area (TPSA) is 79.5 Å². The highest BCUT2D eigenvalue weighted by molar-refractivity contribution is 5.95. The molecule has 1 aliphatic heterocycles. The van der Waals surface area contributed by atoms with Crippen LogP contribution >= 0.6 is 12.4 Å². The van der Waals surface area contributed by atoms with Gasteiger partial charge in [-0.2, -0.15) is 0 Å². The third-order valence-electron chi connectivity index (χ3n) is 3.60. The van der Waals surface area contributed by atoms with Gasteiger partial charge < -0.3 is 20.7 Å². The summed E-state index contributed by atoms with van der Waals surface area (Å²) < 4.78 is 5.34. The minimum atomic E-state index is -0.346. The van der Waals surface area contributed by atoms with Crippen molar-refractivity contribution in [1.82, 2.24) is 5.32 Å². The second-order valence-electron chi connectivity index (χ2n) is 5.52. The molecule has 2 rings (SSSR count). The molecule has 7 heteroatoms. The Balaban J connectivity index is 0.00000264. The van der Waals surface area contributed by atoms with Gasteiger partial charge in [-0.1, -0.05) is 6.92 Å². The molecule has 0 bridgehead atoms. The van der Waals surface area contributed by atoms with Crippen LogP contribution in [-0.2, 0) is 14.3 Å². The van der Waals surface area contributed by atoms with Crippen molar-refractivity contribution in [3.05, 3.63) is 24.3 Å². The monoisotopic (exact) mass is 341 g/mol. The van der Waals surface area contributed by atoms with E-state index in [4.69, 9.17) is 4.74 Å². The first-order valence-electron chi connectivity index (χ1n) is 7.58. The van der Waals surface area contributed by atoms with Crippen LogP contribution in [0.25, 0.3) is 0 Å². The molecule has 1 saturated heterocycles.